The van der Waals surface area contributed by atoms with Crippen LogP contribution in [0.25, 0.3) is 0 Å². The molecule has 0 bridgehead atoms. The number of carbonyl (C=O) groups is 1. The molecule has 0 atom stereocenters. The Balaban J connectivity index is 2.12. The van der Waals surface area contributed by atoms with Crippen LogP contribution in [0.5, 0.6) is 0 Å². The molecule has 0 saturated heterocycles. The molecule has 0 radical (unpaired) electrons. The Labute approximate surface area is 75.9 Å². The van der Waals surface area contributed by atoms with Crippen LogP contribution < -0.4 is 5.32 Å². The van der Waals surface area contributed by atoms with Gasteiger partial charge in [0, 0.05) is 25.2 Å². The van der Waals surface area contributed by atoms with E-state index in [2.05, 4.69) is 5.32 Å². The predicted octanol–water partition coefficient (Wildman–Crippen LogP) is 1.01. The van der Waals surface area contributed by atoms with Gasteiger partial charge in [-0.1, -0.05) is 0 Å². The summed E-state index contributed by atoms with van der Waals surface area (Å²) in [6.07, 6.45) is 4.83. The summed E-state index contributed by atoms with van der Waals surface area (Å²) in [5.41, 5.74) is 0. The first-order chi connectivity index (χ1) is 6.29. The number of rotatable bonds is 5. The van der Waals surface area contributed by atoms with E-state index in [1.807, 2.05) is 12.1 Å². The van der Waals surface area contributed by atoms with Gasteiger partial charge >= 0.3 is 5.97 Å². The maximum Gasteiger partial charge on any atom is 0.329 e. The van der Waals surface area contributed by atoms with Crippen LogP contribution in [-0.4, -0.2) is 17.6 Å². The maximum atomic E-state index is 10.0. The summed E-state index contributed by atoms with van der Waals surface area (Å²) < 4.78 is 5.08. The zero-order valence-corrected chi connectivity index (χ0v) is 7.06. The van der Waals surface area contributed by atoms with Crippen molar-refractivity contribution in [2.75, 3.05) is 6.54 Å². The zero-order valence-electron chi connectivity index (χ0n) is 7.06. The molecule has 0 unspecified atom stereocenters. The normalized spacial score (nSPS) is 10.5. The molecule has 0 aliphatic carbocycles. The Bertz CT molecular complexity index is 277. The Morgan fingerprint density at radius 2 is 2.54 bits per heavy atom. The molecule has 1 aromatic heterocycles. The second-order valence-electron chi connectivity index (χ2n) is 2.46. The van der Waals surface area contributed by atoms with Crippen LogP contribution >= 0.6 is 0 Å². The highest BCUT2D eigenvalue weighted by atomic mass is 16.4. The van der Waals surface area contributed by atoms with Gasteiger partial charge < -0.3 is 14.8 Å². The van der Waals surface area contributed by atoms with E-state index in [-0.39, 0.29) is 0 Å². The summed E-state index contributed by atoms with van der Waals surface area (Å²) in [5, 5.41) is 11.1. The van der Waals surface area contributed by atoms with E-state index in [1.165, 1.54) is 6.20 Å². The Morgan fingerprint density at radius 3 is 3.15 bits per heavy atom. The lowest BCUT2D eigenvalue weighted by molar-refractivity contribution is -0.131. The highest BCUT2D eigenvalue weighted by Crippen LogP contribution is 1.99. The molecule has 0 fully saturated rings. The highest BCUT2D eigenvalue weighted by molar-refractivity contribution is 5.79. The lowest BCUT2D eigenvalue weighted by Crippen LogP contribution is -2.09. The van der Waals surface area contributed by atoms with Gasteiger partial charge in [-0.3, -0.25) is 0 Å². The topological polar surface area (TPSA) is 62.5 Å². The van der Waals surface area contributed by atoms with Crippen molar-refractivity contribution in [3.63, 3.8) is 0 Å². The van der Waals surface area contributed by atoms with Gasteiger partial charge in [0.15, 0.2) is 0 Å². The smallest absolute Gasteiger partial charge is 0.329 e. The van der Waals surface area contributed by atoms with Crippen molar-refractivity contribution in [2.24, 2.45) is 0 Å². The predicted molar refractivity (Wildman–Crippen MR) is 47.2 cm³/mol. The van der Waals surface area contributed by atoms with Crippen molar-refractivity contribution in [3.05, 3.63) is 36.4 Å². The minimum atomic E-state index is -0.953. The molecule has 4 heteroatoms. The van der Waals surface area contributed by atoms with Crippen molar-refractivity contribution < 1.29 is 14.3 Å². The SMILES string of the molecule is O=C(O)/C=C/NCCc1ccco1. The molecule has 0 amide bonds. The Kier molecular flexibility index (Phi) is 3.63. The largest absolute Gasteiger partial charge is 0.478 e. The highest BCUT2D eigenvalue weighted by Gasteiger charge is 1.92. The Hall–Kier alpha value is -1.71. The van der Waals surface area contributed by atoms with Gasteiger partial charge in [0.25, 0.3) is 0 Å². The number of aliphatic carboxylic acids is 1. The fourth-order valence-corrected chi connectivity index (χ4v) is 0.864. The first-order valence-corrected chi connectivity index (χ1v) is 3.94. The van der Waals surface area contributed by atoms with E-state index < -0.39 is 5.97 Å². The summed E-state index contributed by atoms with van der Waals surface area (Å²) in [7, 11) is 0. The number of hydrogen-bond donors (Lipinski definition) is 2. The average molecular weight is 181 g/mol. The van der Waals surface area contributed by atoms with Gasteiger partial charge in [-0.05, 0) is 12.1 Å². The zero-order chi connectivity index (χ0) is 9.52. The number of carboxylic acid groups (broad SMARTS) is 1. The lowest BCUT2D eigenvalue weighted by Gasteiger charge is -1.96. The van der Waals surface area contributed by atoms with E-state index in [4.69, 9.17) is 9.52 Å². The van der Waals surface area contributed by atoms with Crippen LogP contribution in [-0.2, 0) is 11.2 Å². The van der Waals surface area contributed by atoms with Crippen LogP contribution in [0, 0.1) is 0 Å². The summed E-state index contributed by atoms with van der Waals surface area (Å²) in [6.45, 7) is 0.664. The summed E-state index contributed by atoms with van der Waals surface area (Å²) in [4.78, 5) is 10.0. The van der Waals surface area contributed by atoms with Crippen molar-refractivity contribution >= 4 is 5.97 Å². The molecule has 70 valence electrons. The molecular formula is C9H11NO3. The molecule has 0 aromatic carbocycles. The molecule has 13 heavy (non-hydrogen) atoms. The molecule has 2 N–H and O–H groups in total. The molecule has 0 aliphatic heterocycles. The fourth-order valence-electron chi connectivity index (χ4n) is 0.864. The van der Waals surface area contributed by atoms with E-state index in [9.17, 15) is 4.79 Å². The van der Waals surface area contributed by atoms with Gasteiger partial charge in [0.05, 0.1) is 6.26 Å². The first-order valence-electron chi connectivity index (χ1n) is 3.94. The van der Waals surface area contributed by atoms with Gasteiger partial charge in [-0.15, -0.1) is 0 Å². The number of hydrogen-bond acceptors (Lipinski definition) is 3. The molecule has 1 aromatic rings. The average Bonchev–Trinajstić information content (AvgIpc) is 2.55. The summed E-state index contributed by atoms with van der Waals surface area (Å²) in [5.74, 6) is -0.0678. The van der Waals surface area contributed by atoms with E-state index in [0.29, 0.717) is 6.54 Å². The van der Waals surface area contributed by atoms with Gasteiger partial charge in [0.1, 0.15) is 5.76 Å². The monoisotopic (exact) mass is 181 g/mol. The van der Waals surface area contributed by atoms with E-state index in [0.717, 1.165) is 18.3 Å². The molecule has 0 spiro atoms. The quantitative estimate of drug-likeness (QED) is 0.525. The first kappa shape index (κ1) is 9.38. The lowest BCUT2D eigenvalue weighted by atomic mass is 10.3. The molecule has 0 saturated carbocycles. The van der Waals surface area contributed by atoms with Crippen molar-refractivity contribution in [1.29, 1.82) is 0 Å². The van der Waals surface area contributed by atoms with Crippen molar-refractivity contribution in [2.45, 2.75) is 6.42 Å². The van der Waals surface area contributed by atoms with Crippen LogP contribution in [0.1, 0.15) is 5.76 Å². The number of carboxylic acids is 1. The van der Waals surface area contributed by atoms with E-state index in [1.54, 1.807) is 6.26 Å². The Morgan fingerprint density at radius 1 is 1.69 bits per heavy atom. The summed E-state index contributed by atoms with van der Waals surface area (Å²) >= 11 is 0. The van der Waals surface area contributed by atoms with Crippen LogP contribution in [0.3, 0.4) is 0 Å². The van der Waals surface area contributed by atoms with Crippen molar-refractivity contribution in [3.8, 4) is 0 Å². The van der Waals surface area contributed by atoms with E-state index >= 15 is 0 Å². The second-order valence-corrected chi connectivity index (χ2v) is 2.46. The maximum absolute atomic E-state index is 10.0. The number of nitrogens with one attached hydrogen (secondary N) is 1. The molecule has 1 heterocycles. The third-order valence-corrected chi connectivity index (χ3v) is 1.44. The molecule has 1 rings (SSSR count). The molecule has 4 nitrogen and oxygen atoms in total. The minimum Gasteiger partial charge on any atom is -0.478 e. The fraction of sp³-hybridized carbons (Fsp3) is 0.222. The third kappa shape index (κ3) is 4.00. The van der Waals surface area contributed by atoms with Crippen LogP contribution in [0.4, 0.5) is 0 Å². The minimum absolute atomic E-state index is 0.664. The summed E-state index contributed by atoms with van der Waals surface area (Å²) in [6, 6.07) is 3.70. The second kappa shape index (κ2) is 5.03. The van der Waals surface area contributed by atoms with Crippen LogP contribution in [0.2, 0.25) is 0 Å². The third-order valence-electron chi connectivity index (χ3n) is 1.44. The molecular weight excluding hydrogens is 170 g/mol. The van der Waals surface area contributed by atoms with Gasteiger partial charge in [0.2, 0.25) is 0 Å². The number of furan rings is 1. The standard InChI is InChI=1S/C9H11NO3/c11-9(12)4-6-10-5-3-8-2-1-7-13-8/h1-2,4,6-7,10H,3,5H2,(H,11,12)/b6-4+. The van der Waals surface area contributed by atoms with Gasteiger partial charge in [-0.25, -0.2) is 4.79 Å². The van der Waals surface area contributed by atoms with Crippen molar-refractivity contribution in [1.82, 2.24) is 5.32 Å². The molecule has 0 aliphatic rings. The van der Waals surface area contributed by atoms with Crippen LogP contribution in [0.15, 0.2) is 35.1 Å². The van der Waals surface area contributed by atoms with Gasteiger partial charge in [-0.2, -0.15) is 0 Å².